The Morgan fingerprint density at radius 2 is 1.90 bits per heavy atom. The van der Waals surface area contributed by atoms with E-state index in [-0.39, 0.29) is 29.6 Å². The average molecular weight is 154 g/mol. The molecule has 6 heteroatoms. The maximum absolute atomic E-state index is 9.86. The normalized spacial score (nSPS) is 28.4. The molecule has 10 heavy (non-hydrogen) atoms. The van der Waals surface area contributed by atoms with Gasteiger partial charge in [0.25, 0.3) is 0 Å². The van der Waals surface area contributed by atoms with Crippen LogP contribution in [0, 0.1) is 0 Å². The summed E-state index contributed by atoms with van der Waals surface area (Å²) in [6.45, 7) is 0. The van der Waals surface area contributed by atoms with E-state index in [0.29, 0.717) is 0 Å². The predicted octanol–water partition coefficient (Wildman–Crippen LogP) is -5.41. The van der Waals surface area contributed by atoms with Crippen molar-refractivity contribution < 1.29 is 54.1 Å². The molecule has 0 unspecified atom stereocenters. The number of carboxylic acid groups (broad SMARTS) is 2. The molecule has 0 spiro atoms. The fourth-order valence-electron chi connectivity index (χ4n) is 0.479. The fraction of sp³-hybridized carbons (Fsp3) is 0.500. The molecule has 50 valence electrons. The van der Waals surface area contributed by atoms with Crippen LogP contribution < -0.4 is 34.7 Å². The zero-order valence-electron chi connectivity index (χ0n) is 5.23. The van der Waals surface area contributed by atoms with Gasteiger partial charge in [-0.15, -0.1) is 0 Å². The molecule has 2 atom stereocenters. The largest absolute Gasteiger partial charge is 1.00 e. The van der Waals surface area contributed by atoms with Crippen LogP contribution in [0.25, 0.3) is 0 Å². The van der Waals surface area contributed by atoms with E-state index in [0.717, 1.165) is 0 Å². The number of rotatable bonds is 2. The van der Waals surface area contributed by atoms with Crippen molar-refractivity contribution in [1.82, 2.24) is 0 Å². The summed E-state index contributed by atoms with van der Waals surface area (Å²) in [5.74, 6) is -2.73. The maximum atomic E-state index is 9.86. The standard InChI is InChI=1S/C4H4O5.Na/c5-3(6)1-2(9-1)4(7)8;/h1-2H,(H,5,6)(H,7,8);/q;+1/p-1/t1-,2+;. The number of aliphatic carboxylic acids is 2. The number of epoxide rings is 1. The number of carbonyl (C=O) groups excluding carboxylic acids is 1. The first-order valence-electron chi connectivity index (χ1n) is 2.22. The molecule has 1 aliphatic rings. The van der Waals surface area contributed by atoms with Crippen LogP contribution >= 0.6 is 0 Å². The second-order valence-corrected chi connectivity index (χ2v) is 1.63. The van der Waals surface area contributed by atoms with Gasteiger partial charge in [-0.25, -0.2) is 4.79 Å². The van der Waals surface area contributed by atoms with E-state index >= 15 is 0 Å². The summed E-state index contributed by atoms with van der Waals surface area (Å²) in [4.78, 5) is 19.6. The summed E-state index contributed by atoms with van der Waals surface area (Å²) in [5.41, 5.74) is 0. The minimum Gasteiger partial charge on any atom is -0.547 e. The Kier molecular flexibility index (Phi) is 3.30. The molecule has 1 aliphatic heterocycles. The quantitative estimate of drug-likeness (QED) is 0.316. The van der Waals surface area contributed by atoms with E-state index in [9.17, 15) is 14.7 Å². The maximum Gasteiger partial charge on any atom is 1.00 e. The van der Waals surface area contributed by atoms with Crippen LogP contribution in [0.4, 0.5) is 0 Å². The number of carboxylic acids is 2. The predicted molar refractivity (Wildman–Crippen MR) is 21.3 cm³/mol. The van der Waals surface area contributed by atoms with Gasteiger partial charge in [0.15, 0.2) is 6.10 Å². The first kappa shape index (κ1) is 9.90. The molecular formula is C4H3NaO5. The van der Waals surface area contributed by atoms with Crippen LogP contribution in [0.3, 0.4) is 0 Å². The number of ether oxygens (including phenoxy) is 1. The van der Waals surface area contributed by atoms with Gasteiger partial charge >= 0.3 is 35.5 Å². The van der Waals surface area contributed by atoms with Crippen LogP contribution in [-0.4, -0.2) is 29.3 Å². The fourth-order valence-corrected chi connectivity index (χ4v) is 0.479. The van der Waals surface area contributed by atoms with Crippen LogP contribution in [-0.2, 0) is 14.3 Å². The molecule has 5 nitrogen and oxygen atoms in total. The Morgan fingerprint density at radius 1 is 1.40 bits per heavy atom. The van der Waals surface area contributed by atoms with Crippen LogP contribution in [0.2, 0.25) is 0 Å². The Labute approximate surface area is 78.3 Å². The van der Waals surface area contributed by atoms with E-state index in [1.165, 1.54) is 0 Å². The molecular weight excluding hydrogens is 151 g/mol. The van der Waals surface area contributed by atoms with Gasteiger partial charge in [-0.05, 0) is 0 Å². The van der Waals surface area contributed by atoms with Crippen LogP contribution in [0.15, 0.2) is 0 Å². The van der Waals surface area contributed by atoms with Gasteiger partial charge in [-0.3, -0.25) is 0 Å². The topological polar surface area (TPSA) is 90.0 Å². The molecule has 0 bridgehead atoms. The molecule has 0 aromatic heterocycles. The summed E-state index contributed by atoms with van der Waals surface area (Å²) < 4.78 is 4.18. The van der Waals surface area contributed by atoms with Crippen molar-refractivity contribution in [2.45, 2.75) is 12.2 Å². The average Bonchev–Trinajstić information content (AvgIpc) is 2.39. The molecule has 0 radical (unpaired) electrons. The third-order valence-electron chi connectivity index (χ3n) is 0.967. The molecule has 1 fully saturated rings. The van der Waals surface area contributed by atoms with Gasteiger partial charge in [0, 0.05) is 0 Å². The molecule has 0 saturated carbocycles. The molecule has 1 heterocycles. The number of carbonyl (C=O) groups is 2. The van der Waals surface area contributed by atoms with Gasteiger partial charge in [0.1, 0.15) is 6.10 Å². The van der Waals surface area contributed by atoms with E-state index in [1.54, 1.807) is 0 Å². The minimum absolute atomic E-state index is 0. The van der Waals surface area contributed by atoms with Gasteiger partial charge in [-0.1, -0.05) is 0 Å². The Hall–Kier alpha value is -0.100. The minimum atomic E-state index is -1.47. The number of hydrogen-bond acceptors (Lipinski definition) is 4. The summed E-state index contributed by atoms with van der Waals surface area (Å²) in [6, 6.07) is 0. The SMILES string of the molecule is O=C(O)[C@H]1O[C@H]1C(=O)[O-].[Na+]. The first-order chi connectivity index (χ1) is 4.13. The molecule has 1 rings (SSSR count). The molecule has 1 N–H and O–H groups in total. The third kappa shape index (κ3) is 1.95. The van der Waals surface area contributed by atoms with E-state index < -0.39 is 24.1 Å². The first-order valence-corrected chi connectivity index (χ1v) is 2.22. The summed E-state index contributed by atoms with van der Waals surface area (Å²) in [5, 5.41) is 17.8. The van der Waals surface area contributed by atoms with Crippen LogP contribution in [0.1, 0.15) is 0 Å². The Morgan fingerprint density at radius 3 is 2.00 bits per heavy atom. The van der Waals surface area contributed by atoms with Gasteiger partial charge in [0.05, 0.1) is 5.97 Å². The van der Waals surface area contributed by atoms with E-state index in [2.05, 4.69) is 4.74 Å². The molecule has 0 amide bonds. The van der Waals surface area contributed by atoms with Crippen molar-refractivity contribution in [3.8, 4) is 0 Å². The molecule has 0 aromatic rings. The second kappa shape index (κ2) is 3.34. The van der Waals surface area contributed by atoms with E-state index in [4.69, 9.17) is 5.11 Å². The van der Waals surface area contributed by atoms with Gasteiger partial charge in [-0.2, -0.15) is 0 Å². The van der Waals surface area contributed by atoms with Crippen molar-refractivity contribution in [1.29, 1.82) is 0 Å². The summed E-state index contributed by atoms with van der Waals surface area (Å²) >= 11 is 0. The number of hydrogen-bond donors (Lipinski definition) is 1. The van der Waals surface area contributed by atoms with E-state index in [1.807, 2.05) is 0 Å². The van der Waals surface area contributed by atoms with Crippen LogP contribution in [0.5, 0.6) is 0 Å². The van der Waals surface area contributed by atoms with Gasteiger partial charge < -0.3 is 19.7 Å². The van der Waals surface area contributed by atoms with Crippen molar-refractivity contribution in [2.24, 2.45) is 0 Å². The van der Waals surface area contributed by atoms with Gasteiger partial charge in [0.2, 0.25) is 0 Å². The van der Waals surface area contributed by atoms with Crippen molar-refractivity contribution in [3.63, 3.8) is 0 Å². The molecule has 1 saturated heterocycles. The summed E-state index contributed by atoms with van der Waals surface area (Å²) in [7, 11) is 0. The monoisotopic (exact) mass is 154 g/mol. The molecule has 0 aliphatic carbocycles. The Bertz CT molecular complexity index is 149. The Balaban J connectivity index is 0.000000810. The van der Waals surface area contributed by atoms with Crippen molar-refractivity contribution in [3.05, 3.63) is 0 Å². The molecule has 0 aromatic carbocycles. The second-order valence-electron chi connectivity index (χ2n) is 1.63. The van der Waals surface area contributed by atoms with Crippen molar-refractivity contribution in [2.75, 3.05) is 0 Å². The smallest absolute Gasteiger partial charge is 0.547 e. The summed E-state index contributed by atoms with van der Waals surface area (Å²) in [6.07, 6.45) is -2.42. The van der Waals surface area contributed by atoms with Crippen molar-refractivity contribution >= 4 is 11.9 Å². The zero-order chi connectivity index (χ0) is 7.02. The third-order valence-corrected chi connectivity index (χ3v) is 0.967. The zero-order valence-corrected chi connectivity index (χ0v) is 7.23.